The fourth-order valence-corrected chi connectivity index (χ4v) is 3.99. The Balaban J connectivity index is 1.49. The van der Waals surface area contributed by atoms with E-state index < -0.39 is 0 Å². The molecule has 1 N–H and O–H groups in total. The second-order valence-electron chi connectivity index (χ2n) is 6.45. The third kappa shape index (κ3) is 5.28. The molecule has 0 aliphatic rings. The Bertz CT molecular complexity index is 1200. The number of rotatable bonds is 7. The largest absolute Gasteiger partial charge is 0.272 e. The lowest BCUT2D eigenvalue weighted by atomic mass is 10.2. The van der Waals surface area contributed by atoms with Gasteiger partial charge in [-0.3, -0.25) is 9.36 Å². The molecule has 6 nitrogen and oxygen atoms in total. The van der Waals surface area contributed by atoms with Crippen LogP contribution >= 0.6 is 27.7 Å². The molecule has 0 unspecified atom stereocenters. The molecule has 0 atom stereocenters. The number of hydrogen-bond acceptors (Lipinski definition) is 5. The number of aromatic nitrogens is 3. The van der Waals surface area contributed by atoms with E-state index >= 15 is 0 Å². The number of thioether (sulfide) groups is 1. The summed E-state index contributed by atoms with van der Waals surface area (Å²) in [6, 6.07) is 27.4. The molecule has 0 fully saturated rings. The Morgan fingerprint density at radius 2 is 1.65 bits per heavy atom. The van der Waals surface area contributed by atoms with E-state index in [4.69, 9.17) is 0 Å². The van der Waals surface area contributed by atoms with Crippen LogP contribution in [0.4, 0.5) is 0 Å². The molecule has 0 radical (unpaired) electrons. The SMILES string of the molecule is O=C(CSc1nnc(-c2ccccc2)n1-c1ccccc1)NN=Cc1ccccc1Br. The number of nitrogens with one attached hydrogen (secondary N) is 1. The van der Waals surface area contributed by atoms with Gasteiger partial charge in [-0.25, -0.2) is 5.43 Å². The Labute approximate surface area is 192 Å². The maximum absolute atomic E-state index is 12.3. The van der Waals surface area contributed by atoms with Gasteiger partial charge >= 0.3 is 0 Å². The minimum atomic E-state index is -0.225. The van der Waals surface area contributed by atoms with Gasteiger partial charge in [-0.2, -0.15) is 5.10 Å². The summed E-state index contributed by atoms with van der Waals surface area (Å²) in [5, 5.41) is 13.4. The minimum Gasteiger partial charge on any atom is -0.272 e. The smallest absolute Gasteiger partial charge is 0.250 e. The second-order valence-corrected chi connectivity index (χ2v) is 8.24. The zero-order valence-electron chi connectivity index (χ0n) is 16.4. The van der Waals surface area contributed by atoms with Crippen LogP contribution in [0.2, 0.25) is 0 Å². The van der Waals surface area contributed by atoms with Gasteiger partial charge in [-0.15, -0.1) is 10.2 Å². The van der Waals surface area contributed by atoms with E-state index in [1.165, 1.54) is 11.8 Å². The van der Waals surface area contributed by atoms with Gasteiger partial charge in [0.15, 0.2) is 11.0 Å². The third-order valence-electron chi connectivity index (χ3n) is 4.31. The molecule has 1 aromatic heterocycles. The first-order chi connectivity index (χ1) is 15.2. The lowest BCUT2D eigenvalue weighted by Crippen LogP contribution is -2.20. The van der Waals surface area contributed by atoms with Crippen molar-refractivity contribution in [1.29, 1.82) is 0 Å². The Hall–Kier alpha value is -3.23. The zero-order valence-corrected chi connectivity index (χ0v) is 18.8. The first kappa shape index (κ1) is 21.0. The fraction of sp³-hybridized carbons (Fsp3) is 0.0435. The molecular formula is C23H18BrN5OS. The molecule has 1 amide bonds. The molecule has 31 heavy (non-hydrogen) atoms. The number of carbonyl (C=O) groups excluding carboxylic acids is 1. The number of hydrazone groups is 1. The highest BCUT2D eigenvalue weighted by atomic mass is 79.9. The minimum absolute atomic E-state index is 0.160. The van der Waals surface area contributed by atoms with Crippen molar-refractivity contribution in [3.05, 3.63) is 95.0 Å². The van der Waals surface area contributed by atoms with Crippen molar-refractivity contribution in [3.63, 3.8) is 0 Å². The van der Waals surface area contributed by atoms with Crippen LogP contribution in [0.15, 0.2) is 99.7 Å². The van der Waals surface area contributed by atoms with Crippen molar-refractivity contribution in [2.45, 2.75) is 5.16 Å². The van der Waals surface area contributed by atoms with Crippen molar-refractivity contribution < 1.29 is 4.79 Å². The number of halogens is 1. The number of nitrogens with zero attached hydrogens (tertiary/aromatic N) is 4. The van der Waals surface area contributed by atoms with E-state index in [9.17, 15) is 4.79 Å². The standard InChI is InChI=1S/C23H18BrN5OS/c24-20-14-8-7-11-18(20)15-25-26-21(30)16-31-23-28-27-22(17-9-3-1-4-10-17)29(23)19-12-5-2-6-13-19/h1-15H,16H2,(H,26,30). The molecule has 8 heteroatoms. The molecule has 0 bridgehead atoms. The molecule has 3 aromatic carbocycles. The molecule has 0 saturated heterocycles. The summed E-state index contributed by atoms with van der Waals surface area (Å²) in [5.74, 6) is 0.659. The van der Waals surface area contributed by atoms with Gasteiger partial charge in [0.25, 0.3) is 5.91 Å². The van der Waals surface area contributed by atoms with Gasteiger partial charge in [0, 0.05) is 21.3 Å². The third-order valence-corrected chi connectivity index (χ3v) is 5.96. The van der Waals surface area contributed by atoms with Gasteiger partial charge in [0.1, 0.15) is 0 Å². The lowest BCUT2D eigenvalue weighted by molar-refractivity contribution is -0.118. The molecule has 0 saturated carbocycles. The highest BCUT2D eigenvalue weighted by Crippen LogP contribution is 2.27. The summed E-state index contributed by atoms with van der Waals surface area (Å²) >= 11 is 4.76. The number of benzene rings is 3. The molecule has 0 aliphatic carbocycles. The normalized spacial score (nSPS) is 11.0. The molecule has 0 aliphatic heterocycles. The van der Waals surface area contributed by atoms with E-state index in [1.54, 1.807) is 6.21 Å². The van der Waals surface area contributed by atoms with Crippen molar-refractivity contribution in [2.75, 3.05) is 5.75 Å². The quantitative estimate of drug-likeness (QED) is 0.225. The van der Waals surface area contributed by atoms with E-state index in [-0.39, 0.29) is 11.7 Å². The average molecular weight is 492 g/mol. The van der Waals surface area contributed by atoms with Crippen molar-refractivity contribution >= 4 is 39.8 Å². The van der Waals surface area contributed by atoms with Gasteiger partial charge in [0.05, 0.1) is 12.0 Å². The van der Waals surface area contributed by atoms with Crippen LogP contribution in [0.1, 0.15) is 5.56 Å². The molecule has 4 rings (SSSR count). The van der Waals surface area contributed by atoms with Crippen LogP contribution in [-0.4, -0.2) is 32.6 Å². The van der Waals surface area contributed by atoms with E-state index in [2.05, 4.69) is 36.7 Å². The average Bonchev–Trinajstić information content (AvgIpc) is 3.24. The number of hydrogen-bond donors (Lipinski definition) is 1. The molecule has 0 spiro atoms. The number of amides is 1. The van der Waals surface area contributed by atoms with Gasteiger partial charge in [-0.05, 0) is 18.2 Å². The van der Waals surface area contributed by atoms with Gasteiger partial charge in [-0.1, -0.05) is 94.4 Å². The summed E-state index contributed by atoms with van der Waals surface area (Å²) in [5.41, 5.74) is 5.32. The van der Waals surface area contributed by atoms with Crippen LogP contribution in [0.25, 0.3) is 17.1 Å². The monoisotopic (exact) mass is 491 g/mol. The van der Waals surface area contributed by atoms with Crippen LogP contribution < -0.4 is 5.43 Å². The summed E-state index contributed by atoms with van der Waals surface area (Å²) < 4.78 is 2.87. The Morgan fingerprint density at radius 1 is 0.968 bits per heavy atom. The summed E-state index contributed by atoms with van der Waals surface area (Å²) in [4.78, 5) is 12.3. The first-order valence-electron chi connectivity index (χ1n) is 9.48. The maximum Gasteiger partial charge on any atom is 0.250 e. The molecule has 154 valence electrons. The summed E-state index contributed by atoms with van der Waals surface area (Å²) in [7, 11) is 0. The fourth-order valence-electron chi connectivity index (χ4n) is 2.86. The maximum atomic E-state index is 12.3. The van der Waals surface area contributed by atoms with E-state index in [0.29, 0.717) is 5.16 Å². The van der Waals surface area contributed by atoms with Crippen LogP contribution in [0, 0.1) is 0 Å². The Morgan fingerprint density at radius 3 is 2.39 bits per heavy atom. The summed E-state index contributed by atoms with van der Waals surface area (Å²) in [6.07, 6.45) is 1.60. The molecule has 1 heterocycles. The van der Waals surface area contributed by atoms with E-state index in [0.717, 1.165) is 27.1 Å². The second kappa shape index (κ2) is 10.2. The van der Waals surface area contributed by atoms with Crippen LogP contribution in [0.5, 0.6) is 0 Å². The van der Waals surface area contributed by atoms with Gasteiger partial charge < -0.3 is 0 Å². The van der Waals surface area contributed by atoms with Crippen molar-refractivity contribution in [3.8, 4) is 17.1 Å². The number of carbonyl (C=O) groups is 1. The van der Waals surface area contributed by atoms with Crippen LogP contribution in [0.3, 0.4) is 0 Å². The Kier molecular flexibility index (Phi) is 6.91. The van der Waals surface area contributed by atoms with Crippen LogP contribution in [-0.2, 0) is 4.79 Å². The lowest BCUT2D eigenvalue weighted by Gasteiger charge is -2.10. The number of para-hydroxylation sites is 1. The van der Waals surface area contributed by atoms with Crippen molar-refractivity contribution in [1.82, 2.24) is 20.2 Å². The highest BCUT2D eigenvalue weighted by molar-refractivity contribution is 9.10. The van der Waals surface area contributed by atoms with Crippen molar-refractivity contribution in [2.24, 2.45) is 5.10 Å². The molecule has 4 aromatic rings. The topological polar surface area (TPSA) is 72.2 Å². The summed E-state index contributed by atoms with van der Waals surface area (Å²) in [6.45, 7) is 0. The molecular weight excluding hydrogens is 474 g/mol. The highest BCUT2D eigenvalue weighted by Gasteiger charge is 2.16. The first-order valence-corrected chi connectivity index (χ1v) is 11.3. The predicted molar refractivity (Wildman–Crippen MR) is 127 cm³/mol. The van der Waals surface area contributed by atoms with E-state index in [1.807, 2.05) is 89.5 Å². The van der Waals surface area contributed by atoms with Gasteiger partial charge in [0.2, 0.25) is 0 Å². The predicted octanol–water partition coefficient (Wildman–Crippen LogP) is 4.94. The zero-order chi connectivity index (χ0) is 21.5.